The van der Waals surface area contributed by atoms with Crippen LogP contribution < -0.4 is 0 Å². The van der Waals surface area contributed by atoms with Gasteiger partial charge in [-0.2, -0.15) is 10.2 Å². The molecular formula is C24H42N6. The highest BCUT2D eigenvalue weighted by Gasteiger charge is 1.88. The minimum Gasteiger partial charge on any atom is -0.245 e. The zero-order chi connectivity index (χ0) is 23.9. The van der Waals surface area contributed by atoms with Gasteiger partial charge in [-0.25, -0.2) is 19.9 Å². The molecule has 0 aliphatic heterocycles. The van der Waals surface area contributed by atoms with Crippen molar-refractivity contribution in [1.29, 1.82) is 0 Å². The Bertz CT molecular complexity index is 594. The predicted molar refractivity (Wildman–Crippen MR) is 129 cm³/mol. The van der Waals surface area contributed by atoms with Gasteiger partial charge in [-0.05, 0) is 63.8 Å². The zero-order valence-corrected chi connectivity index (χ0v) is 21.1. The molecule has 0 N–H and O–H groups in total. The van der Waals surface area contributed by atoms with Gasteiger partial charge in [0.25, 0.3) is 0 Å². The molecule has 0 unspecified atom stereocenters. The van der Waals surface area contributed by atoms with Crippen molar-refractivity contribution < 1.29 is 0 Å². The standard InChI is InChI=1S/3C6H8N2.3C2H6/c2*1-5-3-7-4-8-6(5)2;1-5-3-7-8-4-6(5)2;3*1-2/h3*3-4H,1-2H3;3*1-2H3. The molecule has 3 aromatic heterocycles. The number of hydrogen-bond donors (Lipinski definition) is 0. The van der Waals surface area contributed by atoms with Crippen LogP contribution in [0, 0.1) is 41.5 Å². The summed E-state index contributed by atoms with van der Waals surface area (Å²) in [7, 11) is 0. The summed E-state index contributed by atoms with van der Waals surface area (Å²) in [5.41, 5.74) is 6.79. The summed E-state index contributed by atoms with van der Waals surface area (Å²) in [6.07, 6.45) is 10.2. The minimum absolute atomic E-state index is 1.06. The Balaban J connectivity index is -0.000000323. The maximum absolute atomic E-state index is 3.97. The fourth-order valence-electron chi connectivity index (χ4n) is 1.36. The summed E-state index contributed by atoms with van der Waals surface area (Å²) in [6.45, 7) is 24.0. The summed E-state index contributed by atoms with van der Waals surface area (Å²) in [5.74, 6) is 0. The molecule has 3 heterocycles. The molecule has 0 amide bonds. The lowest BCUT2D eigenvalue weighted by molar-refractivity contribution is 0.995. The summed E-state index contributed by atoms with van der Waals surface area (Å²) < 4.78 is 0. The summed E-state index contributed by atoms with van der Waals surface area (Å²) >= 11 is 0. The molecule has 0 spiro atoms. The number of hydrogen-bond acceptors (Lipinski definition) is 6. The van der Waals surface area contributed by atoms with Gasteiger partial charge in [-0.3, -0.25) is 0 Å². The monoisotopic (exact) mass is 414 g/mol. The Kier molecular flexibility index (Phi) is 24.0. The third-order valence-corrected chi connectivity index (χ3v) is 3.51. The molecule has 0 radical (unpaired) electrons. The second-order valence-corrected chi connectivity index (χ2v) is 5.44. The van der Waals surface area contributed by atoms with Crippen LogP contribution in [0.3, 0.4) is 0 Å². The normalized spacial score (nSPS) is 8.00. The van der Waals surface area contributed by atoms with E-state index in [2.05, 4.69) is 30.1 Å². The topological polar surface area (TPSA) is 77.3 Å². The van der Waals surface area contributed by atoms with Crippen molar-refractivity contribution in [3.8, 4) is 0 Å². The lowest BCUT2D eigenvalue weighted by atomic mass is 10.2. The van der Waals surface area contributed by atoms with Crippen LogP contribution in [0.15, 0.2) is 37.4 Å². The van der Waals surface area contributed by atoms with Crippen LogP contribution >= 0.6 is 0 Å². The Morgan fingerprint density at radius 2 is 0.733 bits per heavy atom. The Morgan fingerprint density at radius 1 is 0.433 bits per heavy atom. The van der Waals surface area contributed by atoms with Gasteiger partial charge in [0.05, 0.1) is 12.4 Å². The first kappa shape index (κ1) is 31.9. The SMILES string of the molecule is CC.CC.CC.Cc1cncnc1C.Cc1cncnc1C.Cc1cnncc1C. The fourth-order valence-corrected chi connectivity index (χ4v) is 1.36. The molecule has 0 saturated heterocycles. The molecule has 0 fully saturated rings. The van der Waals surface area contributed by atoms with Crippen LogP contribution in [0.4, 0.5) is 0 Å². The van der Waals surface area contributed by atoms with Gasteiger partial charge < -0.3 is 0 Å². The van der Waals surface area contributed by atoms with E-state index in [1.54, 1.807) is 25.0 Å². The molecule has 0 aliphatic rings. The molecule has 0 aromatic carbocycles. The highest BCUT2D eigenvalue weighted by Crippen LogP contribution is 1.98. The van der Waals surface area contributed by atoms with Crippen LogP contribution in [-0.2, 0) is 0 Å². The third-order valence-electron chi connectivity index (χ3n) is 3.51. The third kappa shape index (κ3) is 16.2. The van der Waals surface area contributed by atoms with Crippen molar-refractivity contribution in [1.82, 2.24) is 30.1 Å². The number of aryl methyl sites for hydroxylation is 6. The quantitative estimate of drug-likeness (QED) is 0.426. The van der Waals surface area contributed by atoms with Crippen LogP contribution in [0.25, 0.3) is 0 Å². The maximum Gasteiger partial charge on any atom is 0.115 e. The largest absolute Gasteiger partial charge is 0.245 e. The molecule has 30 heavy (non-hydrogen) atoms. The minimum atomic E-state index is 1.06. The van der Waals surface area contributed by atoms with Crippen LogP contribution in [0.2, 0.25) is 0 Å². The van der Waals surface area contributed by atoms with Gasteiger partial charge in [-0.15, -0.1) is 0 Å². The fraction of sp³-hybridized carbons (Fsp3) is 0.500. The van der Waals surface area contributed by atoms with Crippen molar-refractivity contribution in [2.75, 3.05) is 0 Å². The first-order valence-electron chi connectivity index (χ1n) is 10.6. The van der Waals surface area contributed by atoms with Gasteiger partial charge in [-0.1, -0.05) is 41.5 Å². The molecule has 0 saturated carbocycles. The lowest BCUT2D eigenvalue weighted by Gasteiger charge is -1.91. The van der Waals surface area contributed by atoms with Crippen molar-refractivity contribution in [2.45, 2.75) is 83.1 Å². The van der Waals surface area contributed by atoms with Crippen molar-refractivity contribution >= 4 is 0 Å². The average molecular weight is 415 g/mol. The van der Waals surface area contributed by atoms with E-state index >= 15 is 0 Å². The number of aromatic nitrogens is 6. The predicted octanol–water partition coefficient (Wildman–Crippen LogP) is 6.36. The second kappa shape index (κ2) is 22.5. The van der Waals surface area contributed by atoms with E-state index < -0.39 is 0 Å². The lowest BCUT2D eigenvalue weighted by Crippen LogP contribution is -1.85. The van der Waals surface area contributed by atoms with Gasteiger partial charge in [0.2, 0.25) is 0 Å². The maximum atomic E-state index is 3.97. The van der Waals surface area contributed by atoms with E-state index in [1.165, 1.54) is 11.1 Å². The average Bonchev–Trinajstić information content (AvgIpc) is 2.80. The molecule has 6 heteroatoms. The smallest absolute Gasteiger partial charge is 0.115 e. The first-order valence-corrected chi connectivity index (χ1v) is 10.6. The number of rotatable bonds is 0. The molecule has 6 nitrogen and oxygen atoms in total. The van der Waals surface area contributed by atoms with E-state index in [9.17, 15) is 0 Å². The first-order chi connectivity index (χ1) is 14.4. The molecule has 0 atom stereocenters. The Morgan fingerprint density at radius 3 is 0.900 bits per heavy atom. The van der Waals surface area contributed by atoms with Crippen LogP contribution in [-0.4, -0.2) is 30.1 Å². The van der Waals surface area contributed by atoms with E-state index in [4.69, 9.17) is 0 Å². The molecule has 0 aliphatic carbocycles. The van der Waals surface area contributed by atoms with Gasteiger partial charge in [0, 0.05) is 23.8 Å². The molecule has 168 valence electrons. The Labute approximate surface area is 184 Å². The zero-order valence-electron chi connectivity index (χ0n) is 21.1. The summed E-state index contributed by atoms with van der Waals surface area (Å²) in [6, 6.07) is 0. The van der Waals surface area contributed by atoms with Crippen LogP contribution in [0.5, 0.6) is 0 Å². The van der Waals surface area contributed by atoms with E-state index in [1.807, 2.05) is 95.5 Å². The van der Waals surface area contributed by atoms with Gasteiger partial charge >= 0.3 is 0 Å². The van der Waals surface area contributed by atoms with E-state index in [0.717, 1.165) is 22.5 Å². The summed E-state index contributed by atoms with van der Waals surface area (Å²) in [5, 5.41) is 7.39. The van der Waals surface area contributed by atoms with E-state index in [-0.39, 0.29) is 0 Å². The highest BCUT2D eigenvalue weighted by atomic mass is 15.1. The molecule has 3 rings (SSSR count). The van der Waals surface area contributed by atoms with Crippen LogP contribution in [0.1, 0.15) is 75.2 Å². The van der Waals surface area contributed by atoms with Gasteiger partial charge in [0.15, 0.2) is 0 Å². The van der Waals surface area contributed by atoms with Crippen molar-refractivity contribution in [3.63, 3.8) is 0 Å². The molecule has 3 aromatic rings. The molecule has 0 bridgehead atoms. The summed E-state index contributed by atoms with van der Waals surface area (Å²) in [4.78, 5) is 15.6. The van der Waals surface area contributed by atoms with Crippen molar-refractivity contribution in [2.24, 2.45) is 0 Å². The highest BCUT2D eigenvalue weighted by molar-refractivity contribution is 5.15. The van der Waals surface area contributed by atoms with E-state index in [0.29, 0.717) is 0 Å². The Hall–Kier alpha value is -2.76. The second-order valence-electron chi connectivity index (χ2n) is 5.44. The number of nitrogens with zero attached hydrogens (tertiary/aromatic N) is 6. The molecular weight excluding hydrogens is 372 g/mol. The van der Waals surface area contributed by atoms with Crippen molar-refractivity contribution in [3.05, 3.63) is 71.1 Å². The van der Waals surface area contributed by atoms with Gasteiger partial charge in [0.1, 0.15) is 12.7 Å².